The first-order chi connectivity index (χ1) is 10.0. The lowest BCUT2D eigenvalue weighted by atomic mass is 10.2. The average Bonchev–Trinajstić information content (AvgIpc) is 2.77. The Morgan fingerprint density at radius 2 is 2.00 bits per heavy atom. The Hall–Kier alpha value is -1.39. The zero-order chi connectivity index (χ0) is 15.2. The molecule has 3 nitrogen and oxygen atoms in total. The largest absolute Gasteiger partial charge is 0.466 e. The summed E-state index contributed by atoms with van der Waals surface area (Å²) in [5.74, 6) is 3.01. The molecule has 5 heteroatoms. The first-order valence-corrected chi connectivity index (χ1v) is 8.22. The van der Waals surface area contributed by atoms with Gasteiger partial charge in [0.15, 0.2) is 0 Å². The minimum absolute atomic E-state index is 0.0345. The van der Waals surface area contributed by atoms with Crippen LogP contribution < -0.4 is 5.32 Å². The molecule has 112 valence electrons. The van der Waals surface area contributed by atoms with Gasteiger partial charge < -0.3 is 9.73 Å². The number of halogens is 1. The maximum absolute atomic E-state index is 11.8. The standard InChI is InChI=1S/C16H18ClNO2S/c1-11-7-14(12(2)20-11)8-18-16(19)10-21-9-13-3-5-15(17)6-4-13/h3-7H,8-10H2,1-2H3,(H,18,19). The lowest BCUT2D eigenvalue weighted by molar-refractivity contribution is -0.118. The highest BCUT2D eigenvalue weighted by atomic mass is 35.5. The van der Waals surface area contributed by atoms with Gasteiger partial charge in [0.05, 0.1) is 5.75 Å². The van der Waals surface area contributed by atoms with Crippen molar-refractivity contribution in [2.45, 2.75) is 26.1 Å². The Balaban J connectivity index is 1.70. The number of hydrogen-bond acceptors (Lipinski definition) is 3. The van der Waals surface area contributed by atoms with E-state index in [-0.39, 0.29) is 5.91 Å². The van der Waals surface area contributed by atoms with E-state index in [1.165, 1.54) is 5.56 Å². The Bertz CT molecular complexity index is 607. The van der Waals surface area contributed by atoms with Crippen LogP contribution in [0.3, 0.4) is 0 Å². The highest BCUT2D eigenvalue weighted by Gasteiger charge is 2.07. The third-order valence-electron chi connectivity index (χ3n) is 3.03. The van der Waals surface area contributed by atoms with Crippen LogP contribution in [-0.2, 0) is 17.1 Å². The molecule has 1 aromatic carbocycles. The Morgan fingerprint density at radius 3 is 2.62 bits per heavy atom. The smallest absolute Gasteiger partial charge is 0.230 e. The summed E-state index contributed by atoms with van der Waals surface area (Å²) < 4.78 is 5.43. The molecule has 0 unspecified atom stereocenters. The van der Waals surface area contributed by atoms with Gasteiger partial charge in [-0.3, -0.25) is 4.79 Å². The van der Waals surface area contributed by atoms with Crippen LogP contribution in [0.4, 0.5) is 0 Å². The highest BCUT2D eigenvalue weighted by molar-refractivity contribution is 7.99. The minimum atomic E-state index is 0.0345. The molecule has 0 atom stereocenters. The molecule has 21 heavy (non-hydrogen) atoms. The van der Waals surface area contributed by atoms with E-state index in [1.807, 2.05) is 44.2 Å². The fraction of sp³-hybridized carbons (Fsp3) is 0.312. The molecule has 2 aromatic rings. The van der Waals surface area contributed by atoms with E-state index in [9.17, 15) is 4.79 Å². The number of furan rings is 1. The zero-order valence-corrected chi connectivity index (χ0v) is 13.7. The molecule has 0 radical (unpaired) electrons. The Morgan fingerprint density at radius 1 is 1.29 bits per heavy atom. The van der Waals surface area contributed by atoms with Crippen LogP contribution in [-0.4, -0.2) is 11.7 Å². The van der Waals surface area contributed by atoms with Crippen molar-refractivity contribution in [1.82, 2.24) is 5.32 Å². The lowest BCUT2D eigenvalue weighted by Crippen LogP contribution is -2.24. The van der Waals surface area contributed by atoms with E-state index >= 15 is 0 Å². The molecule has 0 saturated heterocycles. The molecule has 0 aliphatic rings. The van der Waals surface area contributed by atoms with Crippen LogP contribution in [0.2, 0.25) is 5.02 Å². The van der Waals surface area contributed by atoms with Crippen molar-refractivity contribution in [2.24, 2.45) is 0 Å². The summed E-state index contributed by atoms with van der Waals surface area (Å²) in [6, 6.07) is 9.63. The summed E-state index contributed by atoms with van der Waals surface area (Å²) in [5.41, 5.74) is 2.20. The molecule has 1 heterocycles. The minimum Gasteiger partial charge on any atom is -0.466 e. The first kappa shape index (κ1) is 16.0. The van der Waals surface area contributed by atoms with Gasteiger partial charge in [-0.25, -0.2) is 0 Å². The van der Waals surface area contributed by atoms with Gasteiger partial charge in [-0.15, -0.1) is 11.8 Å². The quantitative estimate of drug-likeness (QED) is 0.870. The number of thioether (sulfide) groups is 1. The van der Waals surface area contributed by atoms with E-state index in [4.69, 9.17) is 16.0 Å². The predicted octanol–water partition coefficient (Wildman–Crippen LogP) is 4.10. The number of carbonyl (C=O) groups excluding carboxylic acids is 1. The molecule has 1 N–H and O–H groups in total. The van der Waals surface area contributed by atoms with Crippen LogP contribution in [0.5, 0.6) is 0 Å². The van der Waals surface area contributed by atoms with Crippen molar-refractivity contribution in [2.75, 3.05) is 5.75 Å². The number of hydrogen-bond donors (Lipinski definition) is 1. The summed E-state index contributed by atoms with van der Waals surface area (Å²) in [5, 5.41) is 3.64. The van der Waals surface area contributed by atoms with Gasteiger partial charge in [0.1, 0.15) is 11.5 Å². The van der Waals surface area contributed by atoms with Crippen molar-refractivity contribution in [3.8, 4) is 0 Å². The SMILES string of the molecule is Cc1cc(CNC(=O)CSCc2ccc(Cl)cc2)c(C)o1. The van der Waals surface area contributed by atoms with E-state index in [0.29, 0.717) is 12.3 Å². The molecular formula is C16H18ClNO2S. The van der Waals surface area contributed by atoms with Crippen LogP contribution >= 0.6 is 23.4 Å². The molecule has 0 spiro atoms. The topological polar surface area (TPSA) is 42.2 Å². The van der Waals surface area contributed by atoms with Gasteiger partial charge in [-0.1, -0.05) is 23.7 Å². The first-order valence-electron chi connectivity index (χ1n) is 6.69. The summed E-state index contributed by atoms with van der Waals surface area (Å²) in [6.07, 6.45) is 0. The maximum atomic E-state index is 11.8. The fourth-order valence-electron chi connectivity index (χ4n) is 1.95. The average molecular weight is 324 g/mol. The summed E-state index contributed by atoms with van der Waals surface area (Å²) in [4.78, 5) is 11.8. The molecule has 1 amide bonds. The molecule has 0 bridgehead atoms. The molecule has 1 aromatic heterocycles. The van der Waals surface area contributed by atoms with E-state index in [1.54, 1.807) is 11.8 Å². The van der Waals surface area contributed by atoms with Crippen molar-refractivity contribution >= 4 is 29.3 Å². The van der Waals surface area contributed by atoms with E-state index in [2.05, 4.69) is 5.32 Å². The van der Waals surface area contributed by atoms with E-state index in [0.717, 1.165) is 27.9 Å². The van der Waals surface area contributed by atoms with Gasteiger partial charge in [0, 0.05) is 22.9 Å². The van der Waals surface area contributed by atoms with E-state index < -0.39 is 0 Å². The Labute approximate surface area is 134 Å². The second-order valence-electron chi connectivity index (χ2n) is 4.83. The molecule has 0 aliphatic carbocycles. The molecular weight excluding hydrogens is 306 g/mol. The molecule has 0 aliphatic heterocycles. The van der Waals surface area contributed by atoms with Crippen LogP contribution in [0.15, 0.2) is 34.7 Å². The number of benzene rings is 1. The molecule has 0 fully saturated rings. The number of carbonyl (C=O) groups is 1. The summed E-state index contributed by atoms with van der Waals surface area (Å²) in [6.45, 7) is 4.33. The van der Waals surface area contributed by atoms with Gasteiger partial charge in [0.25, 0.3) is 0 Å². The second kappa shape index (κ2) is 7.57. The van der Waals surface area contributed by atoms with Gasteiger partial charge in [-0.2, -0.15) is 0 Å². The predicted molar refractivity (Wildman–Crippen MR) is 87.6 cm³/mol. The summed E-state index contributed by atoms with van der Waals surface area (Å²) in [7, 11) is 0. The van der Waals surface area contributed by atoms with Gasteiger partial charge in [-0.05, 0) is 37.6 Å². The Kier molecular flexibility index (Phi) is 5.76. The molecule has 2 rings (SSSR count). The number of aryl methyl sites for hydroxylation is 2. The zero-order valence-electron chi connectivity index (χ0n) is 12.1. The number of amides is 1. The van der Waals surface area contributed by atoms with Crippen LogP contribution in [0.25, 0.3) is 0 Å². The summed E-state index contributed by atoms with van der Waals surface area (Å²) >= 11 is 7.42. The van der Waals surface area contributed by atoms with Gasteiger partial charge >= 0.3 is 0 Å². The van der Waals surface area contributed by atoms with Crippen molar-refractivity contribution in [1.29, 1.82) is 0 Å². The fourth-order valence-corrected chi connectivity index (χ4v) is 2.89. The van der Waals surface area contributed by atoms with Crippen LogP contribution in [0.1, 0.15) is 22.6 Å². The number of nitrogens with one attached hydrogen (secondary N) is 1. The van der Waals surface area contributed by atoms with Crippen molar-refractivity contribution < 1.29 is 9.21 Å². The monoisotopic (exact) mass is 323 g/mol. The van der Waals surface area contributed by atoms with Crippen molar-refractivity contribution in [3.05, 3.63) is 58.0 Å². The van der Waals surface area contributed by atoms with Crippen LogP contribution in [0, 0.1) is 13.8 Å². The number of rotatable bonds is 6. The third-order valence-corrected chi connectivity index (χ3v) is 4.29. The second-order valence-corrected chi connectivity index (χ2v) is 6.26. The third kappa shape index (κ3) is 5.14. The maximum Gasteiger partial charge on any atom is 0.230 e. The highest BCUT2D eigenvalue weighted by Crippen LogP contribution is 2.16. The lowest BCUT2D eigenvalue weighted by Gasteiger charge is -2.05. The van der Waals surface area contributed by atoms with Crippen molar-refractivity contribution in [3.63, 3.8) is 0 Å². The van der Waals surface area contributed by atoms with Gasteiger partial charge in [0.2, 0.25) is 5.91 Å². The normalized spacial score (nSPS) is 10.6. The molecule has 0 saturated carbocycles.